The summed E-state index contributed by atoms with van der Waals surface area (Å²) >= 11 is 3.07. The minimum atomic E-state index is 1.81. The van der Waals surface area contributed by atoms with Crippen molar-refractivity contribution in [3.05, 3.63) is 11.1 Å². The summed E-state index contributed by atoms with van der Waals surface area (Å²) in [6.45, 7) is 1.95. The first-order chi connectivity index (χ1) is 1.91. The lowest BCUT2D eigenvalue weighted by Crippen LogP contribution is -1.19. The zero-order valence-corrected chi connectivity index (χ0v) is 4.12. The van der Waals surface area contributed by atoms with E-state index < -0.39 is 0 Å². The van der Waals surface area contributed by atoms with Crippen LogP contribution in [0.1, 0.15) is 6.92 Å². The first kappa shape index (κ1) is 4.22. The molecule has 0 nitrogen and oxygen atoms in total. The Morgan fingerprint density at radius 1 is 1.75 bits per heavy atom. The van der Waals surface area contributed by atoms with Crippen LogP contribution in [-0.2, 0) is 0 Å². The van der Waals surface area contributed by atoms with Crippen LogP contribution in [0.25, 0.3) is 0 Å². The van der Waals surface area contributed by atoms with E-state index in [1.807, 2.05) is 18.0 Å². The lowest BCUT2D eigenvalue weighted by atomic mass is 10.8. The Balaban J connectivity index is 2.55. The second kappa shape index (κ2) is 3.22. The van der Waals surface area contributed by atoms with Gasteiger partial charge < -0.3 is 0 Å². The molecule has 0 radical (unpaired) electrons. The maximum Gasteiger partial charge on any atom is -0.0232 e. The van der Waals surface area contributed by atoms with Gasteiger partial charge in [0.2, 0.25) is 0 Å². The summed E-state index contributed by atoms with van der Waals surface area (Å²) in [6.07, 6.45) is 1.92. The fourth-order valence-electron chi connectivity index (χ4n) is 0. The highest BCUT2D eigenvalue weighted by Gasteiger charge is 1.36. The molecule has 0 aromatic carbocycles. The van der Waals surface area contributed by atoms with Crippen LogP contribution in [0, 0.1) is 0 Å². The Morgan fingerprint density at radius 2 is 2.00 bits per heavy atom. The average Bonchev–Trinajstić information content (AvgIpc) is 1.37. The molecule has 0 heterocycles. The molecule has 0 saturated carbocycles. The zero-order chi connectivity index (χ0) is 3.41. The van der Waals surface area contributed by atoms with Crippen LogP contribution in [0.15, 0.2) is 11.1 Å². The Bertz CT molecular complexity index is 18.5. The van der Waals surface area contributed by atoms with E-state index in [0.29, 0.717) is 0 Å². The first-order valence-corrected chi connectivity index (χ1v) is 2.04. The number of allylic oxidation sites excluding steroid dienone is 1. The molecule has 1 heteroatoms. The fourth-order valence-corrected chi connectivity index (χ4v) is 0. The molecule has 0 unspecified atom stereocenters. The topological polar surface area (TPSA) is 0 Å². The van der Waals surface area contributed by atoms with Crippen molar-refractivity contribution < 1.29 is 0 Å². The first-order valence-electron chi connectivity index (χ1n) is 1.13. The van der Waals surface area contributed by atoms with Gasteiger partial charge in [0.15, 0.2) is 0 Å². The Morgan fingerprint density at radius 3 is 2.00 bits per heavy atom. The SMILES string of the molecule is C/C=C\Br. The van der Waals surface area contributed by atoms with Gasteiger partial charge in [-0.1, -0.05) is 22.0 Å². The van der Waals surface area contributed by atoms with Gasteiger partial charge in [-0.3, -0.25) is 0 Å². The smallest absolute Gasteiger partial charge is 0.0232 e. The van der Waals surface area contributed by atoms with Gasteiger partial charge >= 0.3 is 0 Å². The molecule has 0 amide bonds. The van der Waals surface area contributed by atoms with E-state index in [1.165, 1.54) is 0 Å². The summed E-state index contributed by atoms with van der Waals surface area (Å²) in [7, 11) is 0. The molecule has 0 aliphatic heterocycles. The van der Waals surface area contributed by atoms with Crippen LogP contribution in [0.4, 0.5) is 0 Å². The van der Waals surface area contributed by atoms with Crippen molar-refractivity contribution in [2.24, 2.45) is 0 Å². The molecule has 0 spiro atoms. The average molecular weight is 121 g/mol. The Kier molecular flexibility index (Phi) is 3.40. The molecule has 0 saturated heterocycles. The normalized spacial score (nSPS) is 9.50. The molecule has 0 atom stereocenters. The van der Waals surface area contributed by atoms with Crippen LogP contribution >= 0.6 is 15.9 Å². The van der Waals surface area contributed by atoms with Crippen LogP contribution in [0.5, 0.6) is 0 Å². The number of hydrogen-bond acceptors (Lipinski definition) is 0. The van der Waals surface area contributed by atoms with Crippen LogP contribution in [-0.4, -0.2) is 0 Å². The third-order valence-electron chi connectivity index (χ3n) is 0.126. The van der Waals surface area contributed by atoms with Crippen LogP contribution in [0.3, 0.4) is 0 Å². The van der Waals surface area contributed by atoms with Crippen molar-refractivity contribution in [2.75, 3.05) is 0 Å². The van der Waals surface area contributed by atoms with Crippen molar-refractivity contribution in [1.82, 2.24) is 0 Å². The minimum Gasteiger partial charge on any atom is -0.0807 e. The van der Waals surface area contributed by atoms with Crippen LogP contribution in [0.2, 0.25) is 0 Å². The second-order valence-electron chi connectivity index (χ2n) is 0.459. The molecule has 24 valence electrons. The summed E-state index contributed by atoms with van der Waals surface area (Å²) in [4.78, 5) is 1.81. The Hall–Kier alpha value is 0.220. The van der Waals surface area contributed by atoms with Gasteiger partial charge in [-0.25, -0.2) is 0 Å². The molecule has 4 heavy (non-hydrogen) atoms. The largest absolute Gasteiger partial charge is 0.0807 e. The monoisotopic (exact) mass is 120 g/mol. The zero-order valence-electron chi connectivity index (χ0n) is 2.53. The predicted molar refractivity (Wildman–Crippen MR) is 23.7 cm³/mol. The van der Waals surface area contributed by atoms with E-state index in [-0.39, 0.29) is 0 Å². The van der Waals surface area contributed by atoms with E-state index >= 15 is 0 Å². The lowest BCUT2D eigenvalue weighted by Gasteiger charge is -1.47. The highest BCUT2D eigenvalue weighted by atomic mass is 79.9. The van der Waals surface area contributed by atoms with Crippen molar-refractivity contribution in [1.29, 1.82) is 0 Å². The highest BCUT2D eigenvalue weighted by Crippen LogP contribution is 1.76. The van der Waals surface area contributed by atoms with Gasteiger partial charge in [0.25, 0.3) is 0 Å². The molecule has 0 bridgehead atoms. The minimum absolute atomic E-state index is 1.81. The van der Waals surface area contributed by atoms with Gasteiger partial charge in [-0.2, -0.15) is 0 Å². The van der Waals surface area contributed by atoms with Gasteiger partial charge in [0, 0.05) is 0 Å². The van der Waals surface area contributed by atoms with Crippen molar-refractivity contribution in [3.63, 3.8) is 0 Å². The molecule has 0 aliphatic carbocycles. The molecule has 0 aromatic heterocycles. The molecule has 0 aromatic rings. The third kappa shape index (κ3) is 2.22. The Labute approximate surface area is 34.6 Å². The van der Waals surface area contributed by atoms with Crippen molar-refractivity contribution >= 4 is 15.9 Å². The van der Waals surface area contributed by atoms with Gasteiger partial charge in [0.1, 0.15) is 0 Å². The quantitative estimate of drug-likeness (QED) is 0.459. The van der Waals surface area contributed by atoms with Crippen molar-refractivity contribution in [3.8, 4) is 0 Å². The molecule has 0 fully saturated rings. The number of hydrogen-bond donors (Lipinski definition) is 0. The second-order valence-corrected chi connectivity index (χ2v) is 0.988. The van der Waals surface area contributed by atoms with Crippen LogP contribution < -0.4 is 0 Å². The maximum absolute atomic E-state index is 3.07. The van der Waals surface area contributed by atoms with Gasteiger partial charge in [-0.05, 0) is 11.9 Å². The molecule has 0 rings (SSSR count). The molecule has 0 N–H and O–H groups in total. The lowest BCUT2D eigenvalue weighted by molar-refractivity contribution is 1.79. The van der Waals surface area contributed by atoms with E-state index in [2.05, 4.69) is 15.9 Å². The summed E-state index contributed by atoms with van der Waals surface area (Å²) in [5.41, 5.74) is 0. The molecular weight excluding hydrogens is 116 g/mol. The summed E-state index contributed by atoms with van der Waals surface area (Å²) in [6, 6.07) is 0. The fraction of sp³-hybridized carbons (Fsp3) is 0.333. The third-order valence-corrected chi connectivity index (χ3v) is 0.655. The summed E-state index contributed by atoms with van der Waals surface area (Å²) in [5, 5.41) is 0. The predicted octanol–water partition coefficient (Wildman–Crippen LogP) is 1.91. The molecular formula is C3H5Br. The van der Waals surface area contributed by atoms with Gasteiger partial charge in [-0.15, -0.1) is 0 Å². The number of halogens is 1. The molecule has 0 aliphatic rings. The maximum atomic E-state index is 3.07. The van der Waals surface area contributed by atoms with E-state index in [4.69, 9.17) is 0 Å². The van der Waals surface area contributed by atoms with E-state index in [1.54, 1.807) is 0 Å². The number of rotatable bonds is 0. The van der Waals surface area contributed by atoms with Gasteiger partial charge in [0.05, 0.1) is 0 Å². The standard InChI is InChI=1S/C3H5Br/c1-2-3-4/h2-3H,1H3/b3-2-. The van der Waals surface area contributed by atoms with E-state index in [9.17, 15) is 0 Å². The highest BCUT2D eigenvalue weighted by molar-refractivity contribution is 9.11. The van der Waals surface area contributed by atoms with E-state index in [0.717, 1.165) is 0 Å². The summed E-state index contributed by atoms with van der Waals surface area (Å²) < 4.78 is 0. The summed E-state index contributed by atoms with van der Waals surface area (Å²) in [5.74, 6) is 0. The van der Waals surface area contributed by atoms with Crippen molar-refractivity contribution in [2.45, 2.75) is 6.92 Å².